The number of carbonyl (C=O) groups is 4. The molecular weight excluding hydrogens is 484 g/mol. The molecule has 2 aromatic carbocycles. The number of esters is 2. The molecule has 3 atom stereocenters. The fraction of sp³-hybridized carbons (Fsp3) is 0.407. The van der Waals surface area contributed by atoms with Gasteiger partial charge in [0.15, 0.2) is 6.61 Å². The molecule has 0 heterocycles. The number of benzene rings is 2. The molecule has 9 heteroatoms. The molecule has 36 heavy (non-hydrogen) atoms. The van der Waals surface area contributed by atoms with Crippen LogP contribution in [0, 0.1) is 17.8 Å². The van der Waals surface area contributed by atoms with Gasteiger partial charge >= 0.3 is 11.9 Å². The molecule has 1 saturated carbocycles. The van der Waals surface area contributed by atoms with Crippen LogP contribution >= 0.6 is 11.6 Å². The van der Waals surface area contributed by atoms with Crippen molar-refractivity contribution in [3.05, 3.63) is 70.2 Å². The van der Waals surface area contributed by atoms with Gasteiger partial charge in [-0.2, -0.15) is 0 Å². The Balaban J connectivity index is 1.58. The SMILES string of the molecule is CC(C)[C@@H]1CC[C@@H](C)C[C@@H]1OC(=O)c1ccccc1C(=O)OCC(=O)NNC(=O)c1ccccc1Cl. The Labute approximate surface area is 215 Å². The van der Waals surface area contributed by atoms with Crippen LogP contribution in [0.15, 0.2) is 48.5 Å². The molecule has 192 valence electrons. The second-order valence-corrected chi connectivity index (χ2v) is 9.78. The van der Waals surface area contributed by atoms with Gasteiger partial charge in [-0.25, -0.2) is 9.59 Å². The number of amides is 2. The fourth-order valence-electron chi connectivity index (χ4n) is 4.37. The summed E-state index contributed by atoms with van der Waals surface area (Å²) < 4.78 is 10.9. The zero-order valence-corrected chi connectivity index (χ0v) is 21.3. The molecule has 8 nitrogen and oxygen atoms in total. The molecule has 1 aliphatic rings. The highest BCUT2D eigenvalue weighted by Crippen LogP contribution is 2.35. The lowest BCUT2D eigenvalue weighted by molar-refractivity contribution is -0.125. The topological polar surface area (TPSA) is 111 Å². The Hall–Kier alpha value is -3.39. The number of rotatable bonds is 7. The van der Waals surface area contributed by atoms with Crippen molar-refractivity contribution in [3.63, 3.8) is 0 Å². The molecule has 1 aliphatic carbocycles. The zero-order valence-electron chi connectivity index (χ0n) is 20.6. The first-order chi connectivity index (χ1) is 17.2. The number of halogens is 1. The molecule has 0 bridgehead atoms. The molecule has 0 unspecified atom stereocenters. The van der Waals surface area contributed by atoms with Gasteiger partial charge in [0.25, 0.3) is 11.8 Å². The van der Waals surface area contributed by atoms with E-state index in [4.69, 9.17) is 21.1 Å². The van der Waals surface area contributed by atoms with Crippen LogP contribution in [0.2, 0.25) is 5.02 Å². The number of hydrogen-bond acceptors (Lipinski definition) is 6. The minimum Gasteiger partial charge on any atom is -0.458 e. The highest BCUT2D eigenvalue weighted by Gasteiger charge is 2.34. The Morgan fingerprint density at radius 3 is 2.17 bits per heavy atom. The van der Waals surface area contributed by atoms with Crippen LogP contribution in [0.5, 0.6) is 0 Å². The number of ether oxygens (including phenoxy) is 2. The summed E-state index contributed by atoms with van der Waals surface area (Å²) in [6.45, 7) is 5.72. The molecule has 0 aliphatic heterocycles. The molecule has 0 spiro atoms. The lowest BCUT2D eigenvalue weighted by Gasteiger charge is -2.36. The summed E-state index contributed by atoms with van der Waals surface area (Å²) in [5.74, 6) is -1.75. The minimum atomic E-state index is -0.854. The zero-order chi connectivity index (χ0) is 26.2. The average molecular weight is 515 g/mol. The molecule has 3 rings (SSSR count). The van der Waals surface area contributed by atoms with E-state index in [0.29, 0.717) is 11.8 Å². The van der Waals surface area contributed by atoms with Crippen molar-refractivity contribution in [2.75, 3.05) is 6.61 Å². The van der Waals surface area contributed by atoms with Crippen LogP contribution < -0.4 is 10.9 Å². The third-order valence-electron chi connectivity index (χ3n) is 6.35. The van der Waals surface area contributed by atoms with E-state index in [1.165, 1.54) is 18.2 Å². The van der Waals surface area contributed by atoms with Gasteiger partial charge in [-0.3, -0.25) is 20.4 Å². The fourth-order valence-corrected chi connectivity index (χ4v) is 4.60. The van der Waals surface area contributed by atoms with Crippen LogP contribution in [-0.4, -0.2) is 36.5 Å². The summed E-state index contributed by atoms with van der Waals surface area (Å²) in [4.78, 5) is 49.9. The molecule has 2 N–H and O–H groups in total. The van der Waals surface area contributed by atoms with Crippen LogP contribution in [0.4, 0.5) is 0 Å². The van der Waals surface area contributed by atoms with Crippen molar-refractivity contribution >= 4 is 35.4 Å². The summed E-state index contributed by atoms with van der Waals surface area (Å²) >= 11 is 5.96. The molecule has 2 amide bonds. The maximum absolute atomic E-state index is 13.0. The summed E-state index contributed by atoms with van der Waals surface area (Å²) in [6, 6.07) is 12.5. The largest absolute Gasteiger partial charge is 0.458 e. The summed E-state index contributed by atoms with van der Waals surface area (Å²) in [7, 11) is 0. The van der Waals surface area contributed by atoms with E-state index in [1.807, 2.05) is 0 Å². The van der Waals surface area contributed by atoms with Crippen molar-refractivity contribution in [2.24, 2.45) is 17.8 Å². The van der Waals surface area contributed by atoms with Gasteiger partial charge in [0.05, 0.1) is 21.7 Å². The third kappa shape index (κ3) is 7.07. The van der Waals surface area contributed by atoms with Crippen molar-refractivity contribution in [1.82, 2.24) is 10.9 Å². The second-order valence-electron chi connectivity index (χ2n) is 9.37. The maximum atomic E-state index is 13.0. The number of hydrogen-bond donors (Lipinski definition) is 2. The van der Waals surface area contributed by atoms with E-state index < -0.39 is 30.4 Å². The standard InChI is InChI=1S/C27H31ClN2O6/c1-16(2)18-13-12-17(3)14-23(18)36-27(34)20-9-5-4-8-19(20)26(33)35-15-24(31)29-30-25(32)21-10-6-7-11-22(21)28/h4-11,16-18,23H,12-15H2,1-3H3,(H,29,31)(H,30,32)/t17-,18+,23+/m1/s1. The Morgan fingerprint density at radius 1 is 0.917 bits per heavy atom. The molecule has 0 saturated heterocycles. The maximum Gasteiger partial charge on any atom is 0.339 e. The van der Waals surface area contributed by atoms with Gasteiger partial charge in [-0.05, 0) is 54.9 Å². The van der Waals surface area contributed by atoms with E-state index in [1.54, 1.807) is 30.3 Å². The van der Waals surface area contributed by atoms with E-state index >= 15 is 0 Å². The van der Waals surface area contributed by atoms with Crippen LogP contribution in [0.25, 0.3) is 0 Å². The van der Waals surface area contributed by atoms with E-state index in [9.17, 15) is 19.2 Å². The van der Waals surface area contributed by atoms with Crippen LogP contribution in [-0.2, 0) is 14.3 Å². The smallest absolute Gasteiger partial charge is 0.339 e. The average Bonchev–Trinajstić information content (AvgIpc) is 2.86. The highest BCUT2D eigenvalue weighted by molar-refractivity contribution is 6.33. The third-order valence-corrected chi connectivity index (χ3v) is 6.68. The quantitative estimate of drug-likeness (QED) is 0.413. The first-order valence-corrected chi connectivity index (χ1v) is 12.4. The van der Waals surface area contributed by atoms with Gasteiger partial charge in [0.1, 0.15) is 6.10 Å². The van der Waals surface area contributed by atoms with Crippen LogP contribution in [0.3, 0.4) is 0 Å². The number of carbonyl (C=O) groups excluding carboxylic acids is 4. The van der Waals surface area contributed by atoms with E-state index in [-0.39, 0.29) is 33.7 Å². The monoisotopic (exact) mass is 514 g/mol. The van der Waals surface area contributed by atoms with Gasteiger partial charge in [0, 0.05) is 0 Å². The normalized spacial score (nSPS) is 19.3. The number of nitrogens with one attached hydrogen (secondary N) is 2. The van der Waals surface area contributed by atoms with E-state index in [2.05, 4.69) is 31.6 Å². The molecule has 1 fully saturated rings. The Morgan fingerprint density at radius 2 is 1.53 bits per heavy atom. The Kier molecular flexibility index (Phi) is 9.47. The van der Waals surface area contributed by atoms with Gasteiger partial charge in [-0.15, -0.1) is 0 Å². The van der Waals surface area contributed by atoms with Crippen molar-refractivity contribution in [1.29, 1.82) is 0 Å². The van der Waals surface area contributed by atoms with E-state index in [0.717, 1.165) is 19.3 Å². The van der Waals surface area contributed by atoms with Crippen LogP contribution in [0.1, 0.15) is 71.1 Å². The summed E-state index contributed by atoms with van der Waals surface area (Å²) in [5, 5.41) is 0.224. The predicted octanol–water partition coefficient (Wildman–Crippen LogP) is 4.58. The van der Waals surface area contributed by atoms with Gasteiger partial charge < -0.3 is 9.47 Å². The predicted molar refractivity (Wildman–Crippen MR) is 134 cm³/mol. The summed E-state index contributed by atoms with van der Waals surface area (Å²) in [5.41, 5.74) is 4.62. The first-order valence-electron chi connectivity index (χ1n) is 12.0. The molecule has 0 aromatic heterocycles. The van der Waals surface area contributed by atoms with Crippen molar-refractivity contribution in [3.8, 4) is 0 Å². The Bertz CT molecular complexity index is 1120. The van der Waals surface area contributed by atoms with Gasteiger partial charge in [0.2, 0.25) is 0 Å². The molecule has 2 aromatic rings. The number of hydrazine groups is 1. The first kappa shape index (κ1) is 27.2. The van der Waals surface area contributed by atoms with Crippen molar-refractivity contribution < 1.29 is 28.7 Å². The van der Waals surface area contributed by atoms with Gasteiger partial charge in [-0.1, -0.05) is 63.1 Å². The minimum absolute atomic E-state index is 0.000331. The highest BCUT2D eigenvalue weighted by atomic mass is 35.5. The lowest BCUT2D eigenvalue weighted by atomic mass is 9.75. The lowest BCUT2D eigenvalue weighted by Crippen LogP contribution is -2.43. The molecular formula is C27H31ClN2O6. The van der Waals surface area contributed by atoms with Crippen molar-refractivity contribution in [2.45, 2.75) is 46.1 Å². The summed E-state index contributed by atoms with van der Waals surface area (Å²) in [6.07, 6.45) is 2.64. The molecule has 0 radical (unpaired) electrons. The second kappa shape index (κ2) is 12.5.